The standard InChI is InChI=1S/C23H28N2O/c1-3-20-17-21(11-12-22(20)24-2)23(26)25-15-13-19(14-16-25)10-9-18-7-5-4-6-8-18/h3-8,11-12,17,19,24H,1,9-10,13-16H2,2H3. The highest BCUT2D eigenvalue weighted by Crippen LogP contribution is 2.25. The van der Waals surface area contributed by atoms with Gasteiger partial charge >= 0.3 is 0 Å². The zero-order chi connectivity index (χ0) is 18.4. The lowest BCUT2D eigenvalue weighted by Crippen LogP contribution is -2.38. The highest BCUT2D eigenvalue weighted by molar-refractivity contribution is 5.95. The lowest BCUT2D eigenvalue weighted by molar-refractivity contribution is 0.0687. The van der Waals surface area contributed by atoms with Crippen LogP contribution in [0.2, 0.25) is 0 Å². The SMILES string of the molecule is C=Cc1cc(C(=O)N2CCC(CCc3ccccc3)CC2)ccc1NC. The number of carbonyl (C=O) groups is 1. The Balaban J connectivity index is 1.54. The second kappa shape index (κ2) is 8.70. The molecule has 1 saturated heterocycles. The molecule has 1 fully saturated rings. The summed E-state index contributed by atoms with van der Waals surface area (Å²) in [6.07, 6.45) is 6.33. The van der Waals surface area contributed by atoms with Crippen molar-refractivity contribution in [3.63, 3.8) is 0 Å². The molecule has 1 N–H and O–H groups in total. The predicted octanol–water partition coefficient (Wildman–Crippen LogP) is 4.86. The summed E-state index contributed by atoms with van der Waals surface area (Å²) in [5, 5.41) is 3.13. The van der Waals surface area contributed by atoms with Gasteiger partial charge in [-0.2, -0.15) is 0 Å². The average molecular weight is 348 g/mol. The Morgan fingerprint density at radius 1 is 1.19 bits per heavy atom. The lowest BCUT2D eigenvalue weighted by atomic mass is 9.90. The number of amides is 1. The Kier molecular flexibility index (Phi) is 6.11. The van der Waals surface area contributed by atoms with Crippen molar-refractivity contribution in [3.05, 3.63) is 71.8 Å². The maximum Gasteiger partial charge on any atom is 0.253 e. The van der Waals surface area contributed by atoms with Gasteiger partial charge in [-0.3, -0.25) is 4.79 Å². The quantitative estimate of drug-likeness (QED) is 0.809. The molecule has 0 aromatic heterocycles. The molecule has 3 rings (SSSR count). The number of aryl methyl sites for hydroxylation is 1. The molecule has 2 aromatic carbocycles. The molecule has 0 spiro atoms. The molecule has 1 aliphatic heterocycles. The summed E-state index contributed by atoms with van der Waals surface area (Å²) < 4.78 is 0. The molecule has 0 unspecified atom stereocenters. The molecule has 2 aromatic rings. The van der Waals surface area contributed by atoms with Crippen molar-refractivity contribution in [1.82, 2.24) is 4.90 Å². The highest BCUT2D eigenvalue weighted by atomic mass is 16.2. The fourth-order valence-electron chi connectivity index (χ4n) is 3.72. The van der Waals surface area contributed by atoms with Crippen molar-refractivity contribution in [2.75, 3.05) is 25.5 Å². The lowest BCUT2D eigenvalue weighted by Gasteiger charge is -2.32. The molecule has 1 aliphatic rings. The molecule has 136 valence electrons. The Morgan fingerprint density at radius 3 is 2.58 bits per heavy atom. The number of likely N-dealkylation sites (tertiary alicyclic amines) is 1. The second-order valence-corrected chi connectivity index (χ2v) is 7.02. The van der Waals surface area contributed by atoms with E-state index in [-0.39, 0.29) is 5.91 Å². The van der Waals surface area contributed by atoms with E-state index in [0.717, 1.165) is 55.1 Å². The van der Waals surface area contributed by atoms with E-state index in [4.69, 9.17) is 0 Å². The largest absolute Gasteiger partial charge is 0.388 e. The average Bonchev–Trinajstić information content (AvgIpc) is 2.72. The van der Waals surface area contributed by atoms with E-state index in [1.807, 2.05) is 30.1 Å². The third-order valence-corrected chi connectivity index (χ3v) is 5.37. The minimum absolute atomic E-state index is 0.136. The van der Waals surface area contributed by atoms with Crippen molar-refractivity contribution < 1.29 is 4.79 Å². The first-order valence-corrected chi connectivity index (χ1v) is 9.48. The number of nitrogens with one attached hydrogen (secondary N) is 1. The molecule has 0 saturated carbocycles. The van der Waals surface area contributed by atoms with Gasteiger partial charge < -0.3 is 10.2 Å². The second-order valence-electron chi connectivity index (χ2n) is 7.02. The zero-order valence-electron chi connectivity index (χ0n) is 15.6. The van der Waals surface area contributed by atoms with E-state index in [1.54, 1.807) is 6.08 Å². The highest BCUT2D eigenvalue weighted by Gasteiger charge is 2.23. The van der Waals surface area contributed by atoms with Gasteiger partial charge in [0.05, 0.1) is 0 Å². The van der Waals surface area contributed by atoms with Gasteiger partial charge in [0, 0.05) is 31.4 Å². The molecule has 0 radical (unpaired) electrons. The molecule has 1 heterocycles. The Bertz CT molecular complexity index is 746. The Labute approximate surface area is 156 Å². The van der Waals surface area contributed by atoms with E-state index >= 15 is 0 Å². The molecule has 26 heavy (non-hydrogen) atoms. The number of anilines is 1. The predicted molar refractivity (Wildman–Crippen MR) is 109 cm³/mol. The molecular formula is C23H28N2O. The number of benzene rings is 2. The summed E-state index contributed by atoms with van der Waals surface area (Å²) in [4.78, 5) is 14.8. The topological polar surface area (TPSA) is 32.3 Å². The number of nitrogens with zero attached hydrogens (tertiary/aromatic N) is 1. The van der Waals surface area contributed by atoms with E-state index in [0.29, 0.717) is 0 Å². The van der Waals surface area contributed by atoms with Gasteiger partial charge in [0.1, 0.15) is 0 Å². The number of rotatable bonds is 6. The Hall–Kier alpha value is -2.55. The minimum atomic E-state index is 0.136. The van der Waals surface area contributed by atoms with Gasteiger partial charge in [-0.15, -0.1) is 0 Å². The molecule has 0 bridgehead atoms. The molecule has 1 amide bonds. The summed E-state index contributed by atoms with van der Waals surface area (Å²) in [5.74, 6) is 0.854. The van der Waals surface area contributed by atoms with Crippen LogP contribution in [0, 0.1) is 5.92 Å². The van der Waals surface area contributed by atoms with Crippen LogP contribution in [0.3, 0.4) is 0 Å². The monoisotopic (exact) mass is 348 g/mol. The van der Waals surface area contributed by atoms with Gasteiger partial charge in [0.2, 0.25) is 0 Å². The van der Waals surface area contributed by atoms with Crippen LogP contribution in [0.4, 0.5) is 5.69 Å². The normalized spacial score (nSPS) is 14.9. The van der Waals surface area contributed by atoms with E-state index < -0.39 is 0 Å². The number of piperidine rings is 1. The fourth-order valence-corrected chi connectivity index (χ4v) is 3.72. The molecule has 0 aliphatic carbocycles. The van der Waals surface area contributed by atoms with Gasteiger partial charge in [0.25, 0.3) is 5.91 Å². The van der Waals surface area contributed by atoms with Crippen molar-refractivity contribution in [3.8, 4) is 0 Å². The Morgan fingerprint density at radius 2 is 1.92 bits per heavy atom. The van der Waals surface area contributed by atoms with Crippen LogP contribution in [-0.2, 0) is 6.42 Å². The van der Waals surface area contributed by atoms with Crippen LogP contribution in [0.1, 0.15) is 40.7 Å². The van der Waals surface area contributed by atoms with E-state index in [9.17, 15) is 4.79 Å². The number of hydrogen-bond donors (Lipinski definition) is 1. The molecule has 3 heteroatoms. The number of carbonyl (C=O) groups excluding carboxylic acids is 1. The van der Waals surface area contributed by atoms with Crippen LogP contribution in [0.5, 0.6) is 0 Å². The molecule has 0 atom stereocenters. The van der Waals surface area contributed by atoms with Crippen molar-refractivity contribution in [2.45, 2.75) is 25.7 Å². The summed E-state index contributed by atoms with van der Waals surface area (Å²) in [6, 6.07) is 16.5. The minimum Gasteiger partial charge on any atom is -0.388 e. The maximum absolute atomic E-state index is 12.8. The van der Waals surface area contributed by atoms with Crippen LogP contribution >= 0.6 is 0 Å². The van der Waals surface area contributed by atoms with Crippen molar-refractivity contribution >= 4 is 17.7 Å². The fraction of sp³-hybridized carbons (Fsp3) is 0.348. The summed E-state index contributed by atoms with van der Waals surface area (Å²) in [5.41, 5.74) is 4.13. The first-order valence-electron chi connectivity index (χ1n) is 9.48. The third kappa shape index (κ3) is 4.34. The van der Waals surface area contributed by atoms with Gasteiger partial charge in [0.15, 0.2) is 0 Å². The first kappa shape index (κ1) is 18.2. The molecular weight excluding hydrogens is 320 g/mol. The van der Waals surface area contributed by atoms with Gasteiger partial charge in [-0.05, 0) is 60.9 Å². The van der Waals surface area contributed by atoms with E-state index in [1.165, 1.54) is 12.0 Å². The van der Waals surface area contributed by atoms with Crippen LogP contribution < -0.4 is 5.32 Å². The third-order valence-electron chi connectivity index (χ3n) is 5.37. The smallest absolute Gasteiger partial charge is 0.253 e. The molecule has 3 nitrogen and oxygen atoms in total. The van der Waals surface area contributed by atoms with Crippen molar-refractivity contribution in [2.24, 2.45) is 5.92 Å². The van der Waals surface area contributed by atoms with E-state index in [2.05, 4.69) is 42.2 Å². The summed E-state index contributed by atoms with van der Waals surface area (Å²) in [6.45, 7) is 5.56. The van der Waals surface area contributed by atoms with Crippen LogP contribution in [0.25, 0.3) is 6.08 Å². The summed E-state index contributed by atoms with van der Waals surface area (Å²) >= 11 is 0. The summed E-state index contributed by atoms with van der Waals surface area (Å²) in [7, 11) is 1.88. The van der Waals surface area contributed by atoms with Gasteiger partial charge in [-0.1, -0.05) is 43.0 Å². The number of hydrogen-bond acceptors (Lipinski definition) is 2. The van der Waals surface area contributed by atoms with Gasteiger partial charge in [-0.25, -0.2) is 0 Å². The van der Waals surface area contributed by atoms with Crippen LogP contribution in [-0.4, -0.2) is 30.9 Å². The van der Waals surface area contributed by atoms with Crippen molar-refractivity contribution in [1.29, 1.82) is 0 Å². The van der Waals surface area contributed by atoms with Crippen LogP contribution in [0.15, 0.2) is 55.1 Å². The maximum atomic E-state index is 12.8. The first-order chi connectivity index (χ1) is 12.7. The zero-order valence-corrected chi connectivity index (χ0v) is 15.6.